The highest BCUT2D eigenvalue weighted by Crippen LogP contribution is 2.28. The Morgan fingerprint density at radius 1 is 1.38 bits per heavy atom. The van der Waals surface area contributed by atoms with E-state index in [2.05, 4.69) is 34.7 Å². The van der Waals surface area contributed by atoms with E-state index >= 15 is 0 Å². The van der Waals surface area contributed by atoms with Gasteiger partial charge in [-0.15, -0.1) is 24.0 Å². The van der Waals surface area contributed by atoms with Gasteiger partial charge in [0.05, 0.1) is 6.61 Å². The number of para-hydroxylation sites is 1. The summed E-state index contributed by atoms with van der Waals surface area (Å²) in [5.41, 5.74) is 1.23. The molecule has 1 aromatic rings. The van der Waals surface area contributed by atoms with Crippen LogP contribution in [0, 0.1) is 5.92 Å². The molecule has 0 spiro atoms. The molecule has 0 aliphatic heterocycles. The standard InChI is InChI=1S/C16H25N3O.HI/c1-4-20-15-8-6-5-7-13(15)9-10-18-16(17-3)19-14-11-12(14)2;/h5-8,12,14H,4,9-11H2,1-3H3,(H2,17,18,19);1H. The maximum absolute atomic E-state index is 5.64. The molecule has 1 aliphatic carbocycles. The minimum Gasteiger partial charge on any atom is -0.494 e. The first-order valence-corrected chi connectivity index (χ1v) is 7.42. The molecular formula is C16H26IN3O. The van der Waals surface area contributed by atoms with Gasteiger partial charge in [-0.05, 0) is 37.3 Å². The van der Waals surface area contributed by atoms with Gasteiger partial charge >= 0.3 is 0 Å². The molecule has 1 fully saturated rings. The van der Waals surface area contributed by atoms with Crippen LogP contribution in [0.15, 0.2) is 29.3 Å². The predicted octanol–water partition coefficient (Wildman–Crippen LogP) is 2.82. The van der Waals surface area contributed by atoms with Gasteiger partial charge < -0.3 is 15.4 Å². The quantitative estimate of drug-likeness (QED) is 0.436. The van der Waals surface area contributed by atoms with Crippen molar-refractivity contribution in [3.05, 3.63) is 29.8 Å². The van der Waals surface area contributed by atoms with E-state index in [1.165, 1.54) is 12.0 Å². The summed E-state index contributed by atoms with van der Waals surface area (Å²) in [4.78, 5) is 4.26. The highest BCUT2D eigenvalue weighted by molar-refractivity contribution is 14.0. The Hall–Kier alpha value is -0.980. The predicted molar refractivity (Wildman–Crippen MR) is 98.8 cm³/mol. The van der Waals surface area contributed by atoms with Crippen LogP contribution in [0.2, 0.25) is 0 Å². The van der Waals surface area contributed by atoms with E-state index in [0.717, 1.165) is 30.6 Å². The first kappa shape index (κ1) is 18.1. The Labute approximate surface area is 144 Å². The van der Waals surface area contributed by atoms with E-state index in [1.54, 1.807) is 0 Å². The molecule has 2 unspecified atom stereocenters. The molecule has 5 heteroatoms. The third-order valence-corrected chi connectivity index (χ3v) is 3.61. The van der Waals surface area contributed by atoms with Crippen molar-refractivity contribution in [1.82, 2.24) is 10.6 Å². The molecule has 0 heterocycles. The summed E-state index contributed by atoms with van der Waals surface area (Å²) in [7, 11) is 1.82. The Kier molecular flexibility index (Phi) is 7.85. The zero-order chi connectivity index (χ0) is 14.4. The first-order chi connectivity index (χ1) is 9.74. The highest BCUT2D eigenvalue weighted by atomic mass is 127. The largest absolute Gasteiger partial charge is 0.494 e. The molecule has 1 aliphatic rings. The molecule has 0 bridgehead atoms. The van der Waals surface area contributed by atoms with Gasteiger partial charge in [0.15, 0.2) is 5.96 Å². The van der Waals surface area contributed by atoms with Gasteiger partial charge in [0.25, 0.3) is 0 Å². The van der Waals surface area contributed by atoms with Crippen molar-refractivity contribution in [2.24, 2.45) is 10.9 Å². The van der Waals surface area contributed by atoms with Gasteiger partial charge in [-0.1, -0.05) is 25.1 Å². The molecule has 2 N–H and O–H groups in total. The van der Waals surface area contributed by atoms with E-state index in [4.69, 9.17) is 4.74 Å². The average Bonchev–Trinajstić information content (AvgIpc) is 3.15. The lowest BCUT2D eigenvalue weighted by atomic mass is 10.1. The second kappa shape index (κ2) is 9.12. The van der Waals surface area contributed by atoms with Crippen molar-refractivity contribution in [3.8, 4) is 5.75 Å². The number of guanidine groups is 1. The van der Waals surface area contributed by atoms with Crippen molar-refractivity contribution >= 4 is 29.9 Å². The maximum Gasteiger partial charge on any atom is 0.191 e. The number of hydrogen-bond donors (Lipinski definition) is 2. The molecule has 2 rings (SSSR count). The Balaban J connectivity index is 0.00000220. The summed E-state index contributed by atoms with van der Waals surface area (Å²) in [6.07, 6.45) is 2.17. The average molecular weight is 403 g/mol. The molecule has 118 valence electrons. The molecule has 0 amide bonds. The van der Waals surface area contributed by atoms with Crippen LogP contribution < -0.4 is 15.4 Å². The van der Waals surface area contributed by atoms with E-state index in [9.17, 15) is 0 Å². The number of halogens is 1. The number of nitrogens with one attached hydrogen (secondary N) is 2. The lowest BCUT2D eigenvalue weighted by Crippen LogP contribution is -2.39. The zero-order valence-electron chi connectivity index (χ0n) is 13.1. The van der Waals surface area contributed by atoms with Crippen molar-refractivity contribution in [2.75, 3.05) is 20.2 Å². The fourth-order valence-corrected chi connectivity index (χ4v) is 2.22. The molecule has 0 aromatic heterocycles. The van der Waals surface area contributed by atoms with E-state index in [1.807, 2.05) is 26.1 Å². The van der Waals surface area contributed by atoms with Crippen LogP contribution in [-0.2, 0) is 6.42 Å². The number of benzene rings is 1. The van der Waals surface area contributed by atoms with E-state index < -0.39 is 0 Å². The van der Waals surface area contributed by atoms with Crippen LogP contribution in [0.5, 0.6) is 5.75 Å². The fourth-order valence-electron chi connectivity index (χ4n) is 2.22. The van der Waals surface area contributed by atoms with E-state index in [-0.39, 0.29) is 24.0 Å². The highest BCUT2D eigenvalue weighted by Gasteiger charge is 2.33. The third kappa shape index (κ3) is 5.73. The van der Waals surface area contributed by atoms with Crippen molar-refractivity contribution in [1.29, 1.82) is 0 Å². The van der Waals surface area contributed by atoms with Crippen LogP contribution in [-0.4, -0.2) is 32.2 Å². The fraction of sp³-hybridized carbons (Fsp3) is 0.562. The van der Waals surface area contributed by atoms with Gasteiger partial charge in [-0.25, -0.2) is 0 Å². The van der Waals surface area contributed by atoms with Crippen LogP contribution >= 0.6 is 24.0 Å². The lowest BCUT2D eigenvalue weighted by molar-refractivity contribution is 0.336. The SMILES string of the molecule is CCOc1ccccc1CCNC(=NC)NC1CC1C.I. The smallest absolute Gasteiger partial charge is 0.191 e. The monoisotopic (exact) mass is 403 g/mol. The van der Waals surface area contributed by atoms with Gasteiger partial charge in [0.2, 0.25) is 0 Å². The first-order valence-electron chi connectivity index (χ1n) is 7.42. The van der Waals surface area contributed by atoms with Crippen LogP contribution in [0.1, 0.15) is 25.8 Å². The number of nitrogens with zero attached hydrogens (tertiary/aromatic N) is 1. The zero-order valence-corrected chi connectivity index (χ0v) is 15.4. The Morgan fingerprint density at radius 3 is 2.71 bits per heavy atom. The number of hydrogen-bond acceptors (Lipinski definition) is 2. The van der Waals surface area contributed by atoms with Gasteiger partial charge in [-0.2, -0.15) is 0 Å². The van der Waals surface area contributed by atoms with Crippen molar-refractivity contribution in [2.45, 2.75) is 32.7 Å². The third-order valence-electron chi connectivity index (χ3n) is 3.61. The Bertz CT molecular complexity index is 465. The second-order valence-electron chi connectivity index (χ2n) is 5.25. The molecule has 0 radical (unpaired) electrons. The molecule has 4 nitrogen and oxygen atoms in total. The van der Waals surface area contributed by atoms with Gasteiger partial charge in [0, 0.05) is 19.6 Å². The minimum absolute atomic E-state index is 0. The number of ether oxygens (including phenoxy) is 1. The summed E-state index contributed by atoms with van der Waals surface area (Å²) >= 11 is 0. The number of aliphatic imine (C=N–C) groups is 1. The van der Waals surface area contributed by atoms with Crippen LogP contribution in [0.3, 0.4) is 0 Å². The summed E-state index contributed by atoms with van der Waals surface area (Å²) in [6, 6.07) is 8.80. The minimum atomic E-state index is 0. The topological polar surface area (TPSA) is 45.6 Å². The van der Waals surface area contributed by atoms with Crippen molar-refractivity contribution < 1.29 is 4.74 Å². The maximum atomic E-state index is 5.64. The summed E-state index contributed by atoms with van der Waals surface area (Å²) in [5, 5.41) is 6.79. The van der Waals surface area contributed by atoms with Crippen molar-refractivity contribution in [3.63, 3.8) is 0 Å². The van der Waals surface area contributed by atoms with Crippen LogP contribution in [0.25, 0.3) is 0 Å². The molecule has 1 saturated carbocycles. The van der Waals surface area contributed by atoms with Gasteiger partial charge in [-0.3, -0.25) is 4.99 Å². The molecule has 21 heavy (non-hydrogen) atoms. The molecular weight excluding hydrogens is 377 g/mol. The lowest BCUT2D eigenvalue weighted by Gasteiger charge is -2.13. The molecule has 2 atom stereocenters. The van der Waals surface area contributed by atoms with Crippen LogP contribution in [0.4, 0.5) is 0 Å². The summed E-state index contributed by atoms with van der Waals surface area (Å²) < 4.78 is 5.64. The normalized spacial score (nSPS) is 20.4. The summed E-state index contributed by atoms with van der Waals surface area (Å²) in [6.45, 7) is 5.82. The second-order valence-corrected chi connectivity index (χ2v) is 5.25. The molecule has 1 aromatic carbocycles. The van der Waals surface area contributed by atoms with Gasteiger partial charge in [0.1, 0.15) is 5.75 Å². The number of rotatable bonds is 6. The summed E-state index contributed by atoms with van der Waals surface area (Å²) in [5.74, 6) is 2.65. The molecule has 0 saturated heterocycles. The van der Waals surface area contributed by atoms with E-state index in [0.29, 0.717) is 12.6 Å². The Morgan fingerprint density at radius 2 is 2.10 bits per heavy atom.